The Morgan fingerprint density at radius 2 is 1.56 bits per heavy atom. The number of nitrogens with one attached hydrogen (secondary N) is 1. The van der Waals surface area contributed by atoms with Gasteiger partial charge in [0.1, 0.15) is 11.8 Å². The smallest absolute Gasteiger partial charge is 0.261 e. The third-order valence-corrected chi connectivity index (χ3v) is 5.88. The molecule has 0 saturated heterocycles. The molecule has 3 rings (SSSR count). The van der Waals surface area contributed by atoms with Crippen LogP contribution in [-0.4, -0.2) is 35.4 Å². The van der Waals surface area contributed by atoms with Crippen molar-refractivity contribution in [3.63, 3.8) is 0 Å². The van der Waals surface area contributed by atoms with Crippen LogP contribution in [0.25, 0.3) is 0 Å². The van der Waals surface area contributed by atoms with E-state index in [4.69, 9.17) is 4.74 Å². The molecule has 0 aliphatic rings. The third-order valence-electron chi connectivity index (χ3n) is 5.35. The summed E-state index contributed by atoms with van der Waals surface area (Å²) in [5, 5.41) is 2.99. The van der Waals surface area contributed by atoms with Gasteiger partial charge in [0.05, 0.1) is 0 Å². The highest BCUT2D eigenvalue weighted by Crippen LogP contribution is 2.18. The van der Waals surface area contributed by atoms with Crippen LogP contribution < -0.4 is 10.1 Å². The first-order valence-corrected chi connectivity index (χ1v) is 12.2. The van der Waals surface area contributed by atoms with E-state index in [1.54, 1.807) is 4.90 Å². The Kier molecular flexibility index (Phi) is 9.28. The molecule has 0 aromatic heterocycles. The Balaban J connectivity index is 1.89. The van der Waals surface area contributed by atoms with Gasteiger partial charge in [0, 0.05) is 23.5 Å². The molecule has 0 aliphatic heterocycles. The summed E-state index contributed by atoms with van der Waals surface area (Å²) in [5.74, 6) is 0.191. The van der Waals surface area contributed by atoms with Gasteiger partial charge in [-0.25, -0.2) is 0 Å². The number of ether oxygens (including phenoxy) is 1. The number of rotatable bonds is 10. The summed E-state index contributed by atoms with van der Waals surface area (Å²) in [7, 11) is 0. The Hall–Kier alpha value is -3.12. The third kappa shape index (κ3) is 7.73. The molecule has 2 amide bonds. The minimum atomic E-state index is -0.678. The van der Waals surface area contributed by atoms with Crippen molar-refractivity contribution >= 4 is 27.7 Å². The SMILES string of the molecule is Cc1ccc(OCC(=O)N(Cc2ccc(Br)cc2)[C@H](Cc2ccccc2)C(=O)NC(C)C)cc1. The van der Waals surface area contributed by atoms with Gasteiger partial charge in [-0.2, -0.15) is 0 Å². The lowest BCUT2D eigenvalue weighted by Crippen LogP contribution is -2.52. The molecule has 5 nitrogen and oxygen atoms in total. The van der Waals surface area contributed by atoms with Crippen molar-refractivity contribution in [3.8, 4) is 5.75 Å². The maximum Gasteiger partial charge on any atom is 0.261 e. The molecule has 34 heavy (non-hydrogen) atoms. The Bertz CT molecular complexity index is 1070. The number of hydrogen-bond acceptors (Lipinski definition) is 3. The van der Waals surface area contributed by atoms with Crippen LogP contribution in [0.4, 0.5) is 0 Å². The molecule has 1 atom stereocenters. The van der Waals surface area contributed by atoms with Crippen LogP contribution in [0, 0.1) is 6.92 Å². The second-order valence-corrected chi connectivity index (χ2v) is 9.53. The van der Waals surface area contributed by atoms with Crippen LogP contribution in [0.5, 0.6) is 5.75 Å². The predicted molar refractivity (Wildman–Crippen MR) is 139 cm³/mol. The van der Waals surface area contributed by atoms with Crippen molar-refractivity contribution < 1.29 is 14.3 Å². The minimum Gasteiger partial charge on any atom is -0.484 e. The van der Waals surface area contributed by atoms with E-state index in [2.05, 4.69) is 21.2 Å². The van der Waals surface area contributed by atoms with E-state index in [0.717, 1.165) is 21.2 Å². The zero-order valence-corrected chi connectivity index (χ0v) is 21.4. The highest BCUT2D eigenvalue weighted by molar-refractivity contribution is 9.10. The Labute approximate surface area is 210 Å². The van der Waals surface area contributed by atoms with Crippen LogP contribution in [0.2, 0.25) is 0 Å². The van der Waals surface area contributed by atoms with Gasteiger partial charge in [0.15, 0.2) is 6.61 Å². The van der Waals surface area contributed by atoms with Crippen LogP contribution in [0.15, 0.2) is 83.3 Å². The van der Waals surface area contributed by atoms with Crippen LogP contribution in [-0.2, 0) is 22.6 Å². The van der Waals surface area contributed by atoms with Gasteiger partial charge in [-0.1, -0.05) is 76.1 Å². The number of hydrogen-bond donors (Lipinski definition) is 1. The largest absolute Gasteiger partial charge is 0.484 e. The van der Waals surface area contributed by atoms with E-state index in [0.29, 0.717) is 18.7 Å². The fraction of sp³-hybridized carbons (Fsp3) is 0.286. The van der Waals surface area contributed by atoms with E-state index in [1.165, 1.54) is 0 Å². The molecular formula is C28H31BrN2O3. The average molecular weight is 523 g/mol. The summed E-state index contributed by atoms with van der Waals surface area (Å²) in [4.78, 5) is 28.4. The summed E-state index contributed by atoms with van der Waals surface area (Å²) in [5.41, 5.74) is 3.03. The lowest BCUT2D eigenvalue weighted by Gasteiger charge is -2.32. The van der Waals surface area contributed by atoms with Crippen molar-refractivity contribution in [2.24, 2.45) is 0 Å². The van der Waals surface area contributed by atoms with Gasteiger partial charge in [0.2, 0.25) is 5.91 Å². The summed E-state index contributed by atoms with van der Waals surface area (Å²) in [6, 6.07) is 24.4. The molecule has 3 aromatic carbocycles. The molecule has 0 radical (unpaired) electrons. The van der Waals surface area contributed by atoms with Gasteiger partial charge in [-0.15, -0.1) is 0 Å². The molecule has 6 heteroatoms. The lowest BCUT2D eigenvalue weighted by atomic mass is 10.0. The van der Waals surface area contributed by atoms with E-state index in [9.17, 15) is 9.59 Å². The monoisotopic (exact) mass is 522 g/mol. The number of carbonyl (C=O) groups excluding carboxylic acids is 2. The highest BCUT2D eigenvalue weighted by atomic mass is 79.9. The molecular weight excluding hydrogens is 492 g/mol. The first kappa shape index (κ1) is 25.5. The first-order chi connectivity index (χ1) is 16.3. The standard InChI is InChI=1S/C28H31BrN2O3/c1-20(2)30-28(33)26(17-22-7-5-4-6-8-22)31(18-23-11-13-24(29)14-12-23)27(32)19-34-25-15-9-21(3)10-16-25/h4-16,20,26H,17-19H2,1-3H3,(H,30,33)/t26-/m1/s1. The first-order valence-electron chi connectivity index (χ1n) is 11.4. The maximum absolute atomic E-state index is 13.5. The van der Waals surface area contributed by atoms with Crippen molar-refractivity contribution in [1.29, 1.82) is 0 Å². The molecule has 0 heterocycles. The van der Waals surface area contributed by atoms with Gasteiger partial charge >= 0.3 is 0 Å². The second kappa shape index (κ2) is 12.4. The minimum absolute atomic E-state index is 0.0424. The summed E-state index contributed by atoms with van der Waals surface area (Å²) in [6.07, 6.45) is 0.409. The molecule has 0 spiro atoms. The van der Waals surface area contributed by atoms with Crippen molar-refractivity contribution in [1.82, 2.24) is 10.2 Å². The van der Waals surface area contributed by atoms with E-state index < -0.39 is 6.04 Å². The molecule has 0 fully saturated rings. The summed E-state index contributed by atoms with van der Waals surface area (Å²) < 4.78 is 6.75. The quantitative estimate of drug-likeness (QED) is 0.393. The van der Waals surface area contributed by atoms with E-state index >= 15 is 0 Å². The molecule has 178 valence electrons. The number of nitrogens with zero attached hydrogens (tertiary/aromatic N) is 1. The Morgan fingerprint density at radius 1 is 0.912 bits per heavy atom. The van der Waals surface area contributed by atoms with Gasteiger partial charge < -0.3 is 15.0 Å². The van der Waals surface area contributed by atoms with Crippen molar-refractivity contribution in [3.05, 3.63) is 100 Å². The van der Waals surface area contributed by atoms with E-state index in [1.807, 2.05) is 99.6 Å². The highest BCUT2D eigenvalue weighted by Gasteiger charge is 2.31. The molecule has 0 bridgehead atoms. The van der Waals surface area contributed by atoms with Crippen LogP contribution in [0.1, 0.15) is 30.5 Å². The average Bonchev–Trinajstić information content (AvgIpc) is 2.82. The van der Waals surface area contributed by atoms with Gasteiger partial charge in [-0.3, -0.25) is 9.59 Å². The number of halogens is 1. The number of benzene rings is 3. The van der Waals surface area contributed by atoms with Crippen LogP contribution in [0.3, 0.4) is 0 Å². The fourth-order valence-corrected chi connectivity index (χ4v) is 3.85. The topological polar surface area (TPSA) is 58.6 Å². The van der Waals surface area contributed by atoms with Gasteiger partial charge in [-0.05, 0) is 56.2 Å². The normalized spacial score (nSPS) is 11.7. The second-order valence-electron chi connectivity index (χ2n) is 8.62. The molecule has 0 aliphatic carbocycles. The van der Waals surface area contributed by atoms with Crippen LogP contribution >= 0.6 is 15.9 Å². The molecule has 1 N–H and O–H groups in total. The fourth-order valence-electron chi connectivity index (χ4n) is 3.58. The van der Waals surface area contributed by atoms with Gasteiger partial charge in [0.25, 0.3) is 5.91 Å². The molecule has 0 saturated carbocycles. The summed E-state index contributed by atoms with van der Waals surface area (Å²) in [6.45, 7) is 5.97. The maximum atomic E-state index is 13.5. The zero-order chi connectivity index (χ0) is 24.5. The Morgan fingerprint density at radius 3 is 2.18 bits per heavy atom. The van der Waals surface area contributed by atoms with Crippen molar-refractivity contribution in [2.75, 3.05) is 6.61 Å². The molecule has 3 aromatic rings. The summed E-state index contributed by atoms with van der Waals surface area (Å²) >= 11 is 3.46. The molecule has 0 unspecified atom stereocenters. The number of carbonyl (C=O) groups is 2. The number of aryl methyl sites for hydroxylation is 1. The lowest BCUT2D eigenvalue weighted by molar-refractivity contribution is -0.143. The zero-order valence-electron chi connectivity index (χ0n) is 19.8. The predicted octanol–water partition coefficient (Wildman–Crippen LogP) is 5.30. The van der Waals surface area contributed by atoms with Crippen molar-refractivity contribution in [2.45, 2.75) is 45.8 Å². The number of amides is 2. The van der Waals surface area contributed by atoms with E-state index in [-0.39, 0.29) is 24.5 Å².